The number of H-pyrrole nitrogens is 1. The number of fused-ring (bicyclic) bond motifs is 1. The molecule has 1 aromatic carbocycles. The molecule has 0 saturated carbocycles. The van der Waals surface area contributed by atoms with Crippen LogP contribution >= 0.6 is 0 Å². The minimum Gasteiger partial charge on any atom is -0.361 e. The molecule has 6 nitrogen and oxygen atoms in total. The molecule has 1 fully saturated rings. The van der Waals surface area contributed by atoms with Gasteiger partial charge in [-0.3, -0.25) is 9.36 Å². The summed E-state index contributed by atoms with van der Waals surface area (Å²) in [6, 6.07) is 14.3. The van der Waals surface area contributed by atoms with Gasteiger partial charge in [-0.25, -0.2) is 9.97 Å². The number of pyridine rings is 1. The van der Waals surface area contributed by atoms with E-state index < -0.39 is 0 Å². The Hall–Kier alpha value is -3.41. The molecule has 5 rings (SSSR count). The molecule has 1 unspecified atom stereocenters. The van der Waals surface area contributed by atoms with E-state index in [1.807, 2.05) is 52.3 Å². The molecule has 1 aliphatic heterocycles. The Morgan fingerprint density at radius 3 is 3.00 bits per heavy atom. The number of rotatable bonds is 5. The number of carbonyl (C=O) groups is 1. The lowest BCUT2D eigenvalue weighted by Gasteiger charge is -2.32. The second-order valence-electron chi connectivity index (χ2n) is 8.20. The summed E-state index contributed by atoms with van der Waals surface area (Å²) >= 11 is 0. The third kappa shape index (κ3) is 3.85. The molecule has 1 aliphatic rings. The lowest BCUT2D eigenvalue weighted by molar-refractivity contribution is -0.131. The Balaban J connectivity index is 1.32. The molecule has 4 aromatic rings. The molecular formula is C25H27N5O. The number of amides is 1. The van der Waals surface area contributed by atoms with E-state index in [1.165, 1.54) is 0 Å². The van der Waals surface area contributed by atoms with Gasteiger partial charge in [0.1, 0.15) is 11.6 Å². The average molecular weight is 414 g/mol. The van der Waals surface area contributed by atoms with Crippen LogP contribution in [0.15, 0.2) is 61.1 Å². The zero-order valence-corrected chi connectivity index (χ0v) is 17.8. The number of nitrogens with one attached hydrogen (secondary N) is 1. The molecule has 3 aromatic heterocycles. The number of hydrogen-bond donors (Lipinski definition) is 1. The molecule has 1 N–H and O–H groups in total. The van der Waals surface area contributed by atoms with Crippen LogP contribution in [-0.4, -0.2) is 43.4 Å². The normalized spacial score (nSPS) is 16.7. The smallest absolute Gasteiger partial charge is 0.227 e. The molecule has 0 aliphatic carbocycles. The van der Waals surface area contributed by atoms with Crippen molar-refractivity contribution in [2.75, 3.05) is 13.1 Å². The van der Waals surface area contributed by atoms with Crippen LogP contribution in [-0.2, 0) is 17.6 Å². The number of aryl methyl sites for hydroxylation is 1. The molecule has 4 heterocycles. The molecule has 1 saturated heterocycles. The van der Waals surface area contributed by atoms with Gasteiger partial charge in [-0.1, -0.05) is 31.2 Å². The van der Waals surface area contributed by atoms with Gasteiger partial charge in [0.2, 0.25) is 5.91 Å². The molecule has 0 spiro atoms. The van der Waals surface area contributed by atoms with Crippen molar-refractivity contribution in [3.8, 4) is 5.82 Å². The van der Waals surface area contributed by atoms with E-state index in [4.69, 9.17) is 4.98 Å². The van der Waals surface area contributed by atoms with Gasteiger partial charge in [0.15, 0.2) is 0 Å². The quantitative estimate of drug-likeness (QED) is 0.532. The molecular weight excluding hydrogens is 386 g/mol. The lowest BCUT2D eigenvalue weighted by Crippen LogP contribution is -2.40. The van der Waals surface area contributed by atoms with Gasteiger partial charge in [0.05, 0.1) is 6.42 Å². The van der Waals surface area contributed by atoms with E-state index in [9.17, 15) is 4.79 Å². The van der Waals surface area contributed by atoms with Crippen molar-refractivity contribution in [1.29, 1.82) is 0 Å². The highest BCUT2D eigenvalue weighted by atomic mass is 16.2. The second kappa shape index (κ2) is 8.38. The number of aromatic nitrogens is 4. The zero-order valence-electron chi connectivity index (χ0n) is 17.8. The lowest BCUT2D eigenvalue weighted by atomic mass is 9.93. The summed E-state index contributed by atoms with van der Waals surface area (Å²) in [5.74, 6) is 2.35. The summed E-state index contributed by atoms with van der Waals surface area (Å²) in [6.45, 7) is 3.64. The predicted molar refractivity (Wildman–Crippen MR) is 121 cm³/mol. The summed E-state index contributed by atoms with van der Waals surface area (Å²) in [6.07, 6.45) is 9.09. The van der Waals surface area contributed by atoms with Gasteiger partial charge in [-0.2, -0.15) is 0 Å². The highest BCUT2D eigenvalue weighted by Gasteiger charge is 2.26. The van der Waals surface area contributed by atoms with Crippen LogP contribution in [0.5, 0.6) is 0 Å². The van der Waals surface area contributed by atoms with Gasteiger partial charge >= 0.3 is 0 Å². The van der Waals surface area contributed by atoms with E-state index in [2.05, 4.69) is 35.1 Å². The standard InChI is InChI=1S/C25H27N5O/c1-2-23-26-12-14-30(23)24-11-5-10-21(28-24)18-7-6-13-29(17-18)25(31)15-19-16-27-22-9-4-3-8-20(19)22/h3-5,8-12,14,16,18,27H,2,6-7,13,15,17H2,1H3. The summed E-state index contributed by atoms with van der Waals surface area (Å²) in [5.41, 5.74) is 3.20. The Kier molecular flexibility index (Phi) is 5.28. The number of likely N-dealkylation sites (tertiary alicyclic amines) is 1. The van der Waals surface area contributed by atoms with Crippen molar-refractivity contribution in [3.63, 3.8) is 0 Å². The maximum atomic E-state index is 13.1. The summed E-state index contributed by atoms with van der Waals surface area (Å²) < 4.78 is 2.05. The van der Waals surface area contributed by atoms with Gasteiger partial charge in [0.25, 0.3) is 0 Å². The summed E-state index contributed by atoms with van der Waals surface area (Å²) in [4.78, 5) is 27.7. The topological polar surface area (TPSA) is 66.8 Å². The van der Waals surface area contributed by atoms with Crippen LogP contribution in [0.1, 0.15) is 42.8 Å². The number of imidazole rings is 1. The molecule has 1 amide bonds. The number of benzene rings is 1. The highest BCUT2D eigenvalue weighted by molar-refractivity contribution is 5.88. The van der Waals surface area contributed by atoms with Crippen molar-refractivity contribution in [2.45, 2.75) is 38.5 Å². The first kappa shape index (κ1) is 19.5. The van der Waals surface area contributed by atoms with Crippen molar-refractivity contribution >= 4 is 16.8 Å². The minimum absolute atomic E-state index is 0.188. The molecule has 1 atom stereocenters. The first-order chi connectivity index (χ1) is 15.2. The maximum absolute atomic E-state index is 13.1. The summed E-state index contributed by atoms with van der Waals surface area (Å²) in [7, 11) is 0. The summed E-state index contributed by atoms with van der Waals surface area (Å²) in [5, 5.41) is 1.13. The van der Waals surface area contributed by atoms with E-state index in [0.29, 0.717) is 6.42 Å². The molecule has 0 radical (unpaired) electrons. The van der Waals surface area contributed by atoms with E-state index in [-0.39, 0.29) is 11.8 Å². The fourth-order valence-electron chi connectivity index (χ4n) is 4.60. The molecule has 158 valence electrons. The van der Waals surface area contributed by atoms with Gasteiger partial charge in [-0.15, -0.1) is 0 Å². The predicted octanol–water partition coefficient (Wildman–Crippen LogP) is 4.26. The zero-order chi connectivity index (χ0) is 21.2. The molecule has 0 bridgehead atoms. The Labute approximate surface area is 181 Å². The number of hydrogen-bond acceptors (Lipinski definition) is 3. The van der Waals surface area contributed by atoms with Crippen molar-refractivity contribution < 1.29 is 4.79 Å². The first-order valence-corrected chi connectivity index (χ1v) is 11.0. The fourth-order valence-corrected chi connectivity index (χ4v) is 4.60. The van der Waals surface area contributed by atoms with Crippen LogP contribution in [0.3, 0.4) is 0 Å². The van der Waals surface area contributed by atoms with Crippen LogP contribution in [0, 0.1) is 0 Å². The highest BCUT2D eigenvalue weighted by Crippen LogP contribution is 2.27. The third-order valence-electron chi connectivity index (χ3n) is 6.25. The number of para-hydroxylation sites is 1. The van der Waals surface area contributed by atoms with Crippen LogP contribution in [0.4, 0.5) is 0 Å². The van der Waals surface area contributed by atoms with Crippen LogP contribution in [0.25, 0.3) is 16.7 Å². The van der Waals surface area contributed by atoms with Gasteiger partial charge in [-0.05, 0) is 36.6 Å². The molecule has 31 heavy (non-hydrogen) atoms. The largest absolute Gasteiger partial charge is 0.361 e. The van der Waals surface area contributed by atoms with E-state index in [1.54, 1.807) is 0 Å². The Morgan fingerprint density at radius 2 is 2.10 bits per heavy atom. The molecule has 6 heteroatoms. The number of nitrogens with zero attached hydrogens (tertiary/aromatic N) is 4. The van der Waals surface area contributed by atoms with E-state index in [0.717, 1.165) is 66.2 Å². The van der Waals surface area contributed by atoms with Gasteiger partial charge < -0.3 is 9.88 Å². The number of piperidine rings is 1. The van der Waals surface area contributed by atoms with E-state index >= 15 is 0 Å². The number of carbonyl (C=O) groups excluding carboxylic acids is 1. The SMILES string of the molecule is CCc1nccn1-c1cccc(C2CCCN(C(=O)Cc3c[nH]c4ccccc34)C2)n1. The van der Waals surface area contributed by atoms with Crippen molar-refractivity contribution in [1.82, 2.24) is 24.4 Å². The minimum atomic E-state index is 0.188. The third-order valence-corrected chi connectivity index (χ3v) is 6.25. The van der Waals surface area contributed by atoms with Crippen LogP contribution < -0.4 is 0 Å². The van der Waals surface area contributed by atoms with Crippen LogP contribution in [0.2, 0.25) is 0 Å². The maximum Gasteiger partial charge on any atom is 0.227 e. The first-order valence-electron chi connectivity index (χ1n) is 11.0. The Bertz CT molecular complexity index is 1210. The van der Waals surface area contributed by atoms with Gasteiger partial charge in [0, 0.05) is 60.6 Å². The average Bonchev–Trinajstić information content (AvgIpc) is 3.46. The monoisotopic (exact) mass is 413 g/mol. The number of aromatic amines is 1. The van der Waals surface area contributed by atoms with Crippen molar-refractivity contribution in [3.05, 3.63) is 78.1 Å². The Morgan fingerprint density at radius 1 is 1.19 bits per heavy atom. The van der Waals surface area contributed by atoms with Crippen molar-refractivity contribution in [2.24, 2.45) is 0 Å². The second-order valence-corrected chi connectivity index (χ2v) is 8.20. The fraction of sp³-hybridized carbons (Fsp3) is 0.320.